The van der Waals surface area contributed by atoms with Crippen molar-refractivity contribution in [3.63, 3.8) is 0 Å². The normalized spacial score (nSPS) is 30.9. The van der Waals surface area contributed by atoms with Crippen LogP contribution in [0.5, 0.6) is 0 Å². The lowest BCUT2D eigenvalue weighted by atomic mass is 9.77. The zero-order chi connectivity index (χ0) is 13.5. The molecule has 1 saturated carbocycles. The monoisotopic (exact) mass is 260 g/mol. The van der Waals surface area contributed by atoms with Crippen molar-refractivity contribution in [2.24, 2.45) is 0 Å². The van der Waals surface area contributed by atoms with Crippen molar-refractivity contribution in [2.45, 2.75) is 63.1 Å². The Bertz CT molecular complexity index is 445. The zero-order valence-electron chi connectivity index (χ0n) is 12.0. The van der Waals surface area contributed by atoms with Crippen LogP contribution in [0.25, 0.3) is 0 Å². The number of aliphatic hydroxyl groups is 1. The minimum atomic E-state index is -0.722. The number of hydrogen-bond donors (Lipinski definition) is 1. The van der Waals surface area contributed by atoms with Gasteiger partial charge in [-0.2, -0.15) is 0 Å². The van der Waals surface area contributed by atoms with Crippen LogP contribution in [0.3, 0.4) is 0 Å². The van der Waals surface area contributed by atoms with Crippen molar-refractivity contribution in [3.05, 3.63) is 35.4 Å². The lowest BCUT2D eigenvalue weighted by Gasteiger charge is -2.42. The third kappa shape index (κ3) is 2.56. The molecule has 2 nitrogen and oxygen atoms in total. The minimum Gasteiger partial charge on any atom is -0.385 e. The standard InChI is InChI=1S/C17H24O2/c1-16(2)12-17(18,10-11-19-16)15-8-6-14(7-9-15)13-4-3-5-13/h6-9,13,18H,3-5,10-12H2,1-2H3. The lowest BCUT2D eigenvalue weighted by Crippen LogP contribution is -2.43. The molecule has 0 bridgehead atoms. The molecule has 1 N–H and O–H groups in total. The summed E-state index contributed by atoms with van der Waals surface area (Å²) in [7, 11) is 0. The SMILES string of the molecule is CC1(C)CC(O)(c2ccc(C3CCC3)cc2)CCO1. The van der Waals surface area contributed by atoms with E-state index in [-0.39, 0.29) is 5.60 Å². The highest BCUT2D eigenvalue weighted by Gasteiger charge is 2.40. The Kier molecular flexibility index (Phi) is 3.18. The van der Waals surface area contributed by atoms with Crippen molar-refractivity contribution in [2.75, 3.05) is 6.61 Å². The Labute approximate surface area is 115 Å². The topological polar surface area (TPSA) is 29.5 Å². The fraction of sp³-hybridized carbons (Fsp3) is 0.647. The molecule has 1 aliphatic carbocycles. The van der Waals surface area contributed by atoms with Crippen LogP contribution in [-0.4, -0.2) is 17.3 Å². The van der Waals surface area contributed by atoms with E-state index >= 15 is 0 Å². The van der Waals surface area contributed by atoms with Crippen LogP contribution in [0.4, 0.5) is 0 Å². The second-order valence-corrected chi connectivity index (χ2v) is 6.82. The number of rotatable bonds is 2. The van der Waals surface area contributed by atoms with Gasteiger partial charge in [-0.3, -0.25) is 0 Å². The van der Waals surface area contributed by atoms with E-state index in [0.717, 1.165) is 11.5 Å². The molecular weight excluding hydrogens is 236 g/mol. The van der Waals surface area contributed by atoms with E-state index in [4.69, 9.17) is 4.74 Å². The first-order valence-corrected chi connectivity index (χ1v) is 7.45. The second-order valence-electron chi connectivity index (χ2n) is 6.82. The Balaban J connectivity index is 1.80. The number of hydrogen-bond acceptors (Lipinski definition) is 2. The average molecular weight is 260 g/mol. The van der Waals surface area contributed by atoms with Gasteiger partial charge >= 0.3 is 0 Å². The molecule has 0 amide bonds. The van der Waals surface area contributed by atoms with Crippen molar-refractivity contribution in [1.82, 2.24) is 0 Å². The summed E-state index contributed by atoms with van der Waals surface area (Å²) in [6.07, 6.45) is 5.37. The summed E-state index contributed by atoms with van der Waals surface area (Å²) in [6.45, 7) is 4.74. The van der Waals surface area contributed by atoms with E-state index < -0.39 is 5.60 Å². The minimum absolute atomic E-state index is 0.236. The molecule has 19 heavy (non-hydrogen) atoms. The van der Waals surface area contributed by atoms with Crippen LogP contribution in [0, 0.1) is 0 Å². The third-order valence-electron chi connectivity index (χ3n) is 4.75. The third-order valence-corrected chi connectivity index (χ3v) is 4.75. The molecule has 1 aromatic carbocycles. The molecule has 1 atom stereocenters. The summed E-state index contributed by atoms with van der Waals surface area (Å²) in [5.74, 6) is 0.759. The molecule has 3 rings (SSSR count). The Morgan fingerprint density at radius 3 is 2.37 bits per heavy atom. The summed E-state index contributed by atoms with van der Waals surface area (Å²) in [5.41, 5.74) is 1.52. The highest BCUT2D eigenvalue weighted by atomic mass is 16.5. The van der Waals surface area contributed by atoms with Crippen LogP contribution >= 0.6 is 0 Å². The van der Waals surface area contributed by atoms with Crippen molar-refractivity contribution >= 4 is 0 Å². The first kappa shape index (κ1) is 13.1. The number of ether oxygens (including phenoxy) is 1. The van der Waals surface area contributed by atoms with Gasteiger partial charge in [0.1, 0.15) is 0 Å². The van der Waals surface area contributed by atoms with Gasteiger partial charge in [0.25, 0.3) is 0 Å². The predicted octanol–water partition coefficient (Wildman–Crippen LogP) is 3.73. The van der Waals surface area contributed by atoms with Gasteiger partial charge in [-0.05, 0) is 43.7 Å². The molecule has 2 aliphatic rings. The first-order valence-electron chi connectivity index (χ1n) is 7.45. The maximum Gasteiger partial charge on any atom is 0.0945 e. The largest absolute Gasteiger partial charge is 0.385 e. The van der Waals surface area contributed by atoms with E-state index in [1.165, 1.54) is 24.8 Å². The first-order chi connectivity index (χ1) is 8.99. The van der Waals surface area contributed by atoms with Gasteiger partial charge < -0.3 is 9.84 Å². The van der Waals surface area contributed by atoms with Crippen molar-refractivity contribution in [3.8, 4) is 0 Å². The van der Waals surface area contributed by atoms with E-state index in [2.05, 4.69) is 38.1 Å². The zero-order valence-corrected chi connectivity index (χ0v) is 12.0. The lowest BCUT2D eigenvalue weighted by molar-refractivity contribution is -0.148. The smallest absolute Gasteiger partial charge is 0.0945 e. The Morgan fingerprint density at radius 2 is 1.84 bits per heavy atom. The summed E-state index contributed by atoms with van der Waals surface area (Å²) in [4.78, 5) is 0. The van der Waals surface area contributed by atoms with Gasteiger partial charge in [-0.1, -0.05) is 30.7 Å². The molecule has 0 aromatic heterocycles. The quantitative estimate of drug-likeness (QED) is 0.878. The van der Waals surface area contributed by atoms with E-state index in [1.54, 1.807) is 0 Å². The molecular formula is C17H24O2. The maximum atomic E-state index is 10.9. The van der Waals surface area contributed by atoms with Gasteiger partial charge in [-0.15, -0.1) is 0 Å². The molecule has 1 aliphatic heterocycles. The summed E-state index contributed by atoms with van der Waals surface area (Å²) >= 11 is 0. The van der Waals surface area contributed by atoms with E-state index in [0.29, 0.717) is 19.4 Å². The highest BCUT2D eigenvalue weighted by Crippen LogP contribution is 2.41. The van der Waals surface area contributed by atoms with E-state index in [1.807, 2.05) is 0 Å². The highest BCUT2D eigenvalue weighted by molar-refractivity contribution is 5.30. The van der Waals surface area contributed by atoms with Crippen molar-refractivity contribution < 1.29 is 9.84 Å². The summed E-state index contributed by atoms with van der Waals surface area (Å²) < 4.78 is 5.71. The van der Waals surface area contributed by atoms with Crippen LogP contribution in [0.2, 0.25) is 0 Å². The van der Waals surface area contributed by atoms with Crippen LogP contribution in [0.1, 0.15) is 63.0 Å². The summed E-state index contributed by atoms with van der Waals surface area (Å²) in [5, 5.41) is 10.9. The molecule has 1 unspecified atom stereocenters. The van der Waals surface area contributed by atoms with Crippen LogP contribution in [0.15, 0.2) is 24.3 Å². The maximum absolute atomic E-state index is 10.9. The molecule has 2 fully saturated rings. The Hall–Kier alpha value is -0.860. The average Bonchev–Trinajstić information content (AvgIpc) is 2.25. The summed E-state index contributed by atoms with van der Waals surface area (Å²) in [6, 6.07) is 8.66. The molecule has 1 heterocycles. The van der Waals surface area contributed by atoms with E-state index in [9.17, 15) is 5.11 Å². The van der Waals surface area contributed by atoms with Crippen LogP contribution < -0.4 is 0 Å². The fourth-order valence-electron chi connectivity index (χ4n) is 3.39. The van der Waals surface area contributed by atoms with Gasteiger partial charge in [0.05, 0.1) is 17.8 Å². The molecule has 0 radical (unpaired) electrons. The van der Waals surface area contributed by atoms with Gasteiger partial charge in [0.15, 0.2) is 0 Å². The molecule has 0 spiro atoms. The second kappa shape index (κ2) is 4.60. The molecule has 1 saturated heterocycles. The number of benzene rings is 1. The van der Waals surface area contributed by atoms with Gasteiger partial charge in [-0.25, -0.2) is 0 Å². The predicted molar refractivity (Wildman–Crippen MR) is 76.2 cm³/mol. The Morgan fingerprint density at radius 1 is 1.16 bits per heavy atom. The molecule has 104 valence electrons. The van der Waals surface area contributed by atoms with Gasteiger partial charge in [0.2, 0.25) is 0 Å². The van der Waals surface area contributed by atoms with Crippen LogP contribution in [-0.2, 0) is 10.3 Å². The van der Waals surface area contributed by atoms with Crippen molar-refractivity contribution in [1.29, 1.82) is 0 Å². The van der Waals surface area contributed by atoms with Gasteiger partial charge in [0, 0.05) is 12.8 Å². The molecule has 1 aromatic rings. The molecule has 2 heteroatoms. The fourth-order valence-corrected chi connectivity index (χ4v) is 3.39.